The normalized spacial score (nSPS) is 19.9. The lowest BCUT2D eigenvalue weighted by Crippen LogP contribution is -2.51. The van der Waals surface area contributed by atoms with Gasteiger partial charge in [0.05, 0.1) is 5.69 Å². The number of nitrogens with two attached hydrogens (primary N) is 1. The fourth-order valence-electron chi connectivity index (χ4n) is 5.38. The first kappa shape index (κ1) is 24.7. The molecule has 0 radical (unpaired) electrons. The molecule has 3 aliphatic rings. The Kier molecular flexibility index (Phi) is 7.84. The third-order valence-electron chi connectivity index (χ3n) is 7.45. The zero-order valence-corrected chi connectivity index (χ0v) is 21.2. The van der Waals surface area contributed by atoms with Crippen molar-refractivity contribution in [3.63, 3.8) is 0 Å². The van der Waals surface area contributed by atoms with E-state index in [1.165, 1.54) is 5.69 Å². The first-order valence-electron chi connectivity index (χ1n) is 13.2. The second-order valence-electron chi connectivity index (χ2n) is 9.68. The smallest absolute Gasteiger partial charge is 0.271 e. The lowest BCUT2D eigenvalue weighted by molar-refractivity contribution is 0.0321. The molecular weight excluding hydrogens is 456 g/mol. The van der Waals surface area contributed by atoms with Crippen molar-refractivity contribution in [2.45, 2.75) is 32.2 Å². The summed E-state index contributed by atoms with van der Waals surface area (Å²) in [5.74, 6) is 0.655. The fraction of sp³-hybridized carbons (Fsp3) is 0.577. The van der Waals surface area contributed by atoms with Gasteiger partial charge in [-0.3, -0.25) is 9.69 Å². The van der Waals surface area contributed by atoms with Crippen molar-refractivity contribution in [3.05, 3.63) is 35.7 Å². The van der Waals surface area contributed by atoms with Crippen molar-refractivity contribution in [2.24, 2.45) is 5.73 Å². The highest BCUT2D eigenvalue weighted by Gasteiger charge is 2.26. The molecule has 10 heteroatoms. The molecular formula is C26H38N8O2. The lowest BCUT2D eigenvalue weighted by atomic mass is 10.1. The number of nitrogens with zero attached hydrogens (tertiary/aromatic N) is 5. The van der Waals surface area contributed by atoms with Crippen LogP contribution in [0.4, 0.5) is 23.0 Å². The Bertz CT molecular complexity index is 1030. The fourth-order valence-corrected chi connectivity index (χ4v) is 5.38. The summed E-state index contributed by atoms with van der Waals surface area (Å²) in [6, 6.07) is 8.98. The number of aromatic nitrogens is 2. The van der Waals surface area contributed by atoms with Crippen LogP contribution in [0.25, 0.3) is 0 Å². The number of carbonyl (C=O) groups excluding carboxylic acids is 1. The number of anilines is 4. The van der Waals surface area contributed by atoms with Crippen LogP contribution in [0.1, 0.15) is 35.9 Å². The highest BCUT2D eigenvalue weighted by Crippen LogP contribution is 2.27. The number of rotatable bonds is 7. The Balaban J connectivity index is 1.28. The van der Waals surface area contributed by atoms with Crippen LogP contribution in [0.2, 0.25) is 0 Å². The van der Waals surface area contributed by atoms with Crippen LogP contribution in [0, 0.1) is 0 Å². The number of primary amides is 1. The lowest BCUT2D eigenvalue weighted by Gasteiger charge is -2.41. The van der Waals surface area contributed by atoms with Gasteiger partial charge in [-0.05, 0) is 43.5 Å². The second-order valence-corrected chi connectivity index (χ2v) is 9.68. The molecule has 4 heterocycles. The number of hydrogen-bond acceptors (Lipinski definition) is 9. The summed E-state index contributed by atoms with van der Waals surface area (Å²) < 4.78 is 5.52. The minimum absolute atomic E-state index is 0.180. The summed E-state index contributed by atoms with van der Waals surface area (Å²) in [5.41, 5.74) is 8.72. The van der Waals surface area contributed by atoms with Gasteiger partial charge in [0.15, 0.2) is 17.3 Å². The van der Waals surface area contributed by atoms with Crippen molar-refractivity contribution in [1.29, 1.82) is 0 Å². The number of aryl methyl sites for hydroxylation is 1. The van der Waals surface area contributed by atoms with E-state index in [9.17, 15) is 4.79 Å². The van der Waals surface area contributed by atoms with Crippen LogP contribution in [-0.4, -0.2) is 92.4 Å². The predicted molar refractivity (Wildman–Crippen MR) is 142 cm³/mol. The average Bonchev–Trinajstić information content (AvgIpc) is 2.94. The van der Waals surface area contributed by atoms with Crippen LogP contribution in [0.5, 0.6) is 0 Å². The van der Waals surface area contributed by atoms with Crippen molar-refractivity contribution in [3.8, 4) is 0 Å². The molecule has 0 bridgehead atoms. The Labute approximate surface area is 213 Å². The van der Waals surface area contributed by atoms with E-state index in [0.717, 1.165) is 95.6 Å². The SMILES string of the molecule is CCc1nc(C(N)=O)c(Nc2ccc(N3CCN(C4CCOCC4)CC3)cc2)nc1N1CCNCC1. The Morgan fingerprint density at radius 2 is 1.72 bits per heavy atom. The molecule has 10 nitrogen and oxygen atoms in total. The van der Waals surface area contributed by atoms with Gasteiger partial charge in [0, 0.05) is 83.0 Å². The molecule has 3 aliphatic heterocycles. The Hall–Kier alpha value is -2.95. The number of hydrogen-bond donors (Lipinski definition) is 3. The van der Waals surface area contributed by atoms with Gasteiger partial charge in [0.1, 0.15) is 0 Å². The molecule has 194 valence electrons. The molecule has 5 rings (SSSR count). The van der Waals surface area contributed by atoms with Gasteiger partial charge >= 0.3 is 0 Å². The van der Waals surface area contributed by atoms with Gasteiger partial charge in [-0.1, -0.05) is 6.92 Å². The molecule has 0 saturated carbocycles. The maximum Gasteiger partial charge on any atom is 0.271 e. The monoisotopic (exact) mass is 494 g/mol. The van der Waals surface area contributed by atoms with Gasteiger partial charge in [-0.25, -0.2) is 9.97 Å². The van der Waals surface area contributed by atoms with E-state index in [1.807, 2.05) is 19.1 Å². The molecule has 0 spiro atoms. The molecule has 1 aromatic carbocycles. The number of amides is 1. The number of nitrogens with one attached hydrogen (secondary N) is 2. The van der Waals surface area contributed by atoms with Gasteiger partial charge in [-0.2, -0.15) is 0 Å². The molecule has 2 aromatic rings. The molecule has 4 N–H and O–H groups in total. The van der Waals surface area contributed by atoms with E-state index in [1.54, 1.807) is 0 Å². The summed E-state index contributed by atoms with van der Waals surface area (Å²) in [4.78, 5) is 29.0. The second kappa shape index (κ2) is 11.4. The summed E-state index contributed by atoms with van der Waals surface area (Å²) in [5, 5.41) is 6.68. The first-order valence-corrected chi connectivity index (χ1v) is 13.2. The molecule has 0 unspecified atom stereocenters. The molecule has 1 amide bonds. The topological polar surface area (TPSA) is 112 Å². The van der Waals surface area contributed by atoms with Gasteiger partial charge < -0.3 is 30.9 Å². The first-order chi connectivity index (χ1) is 17.6. The average molecular weight is 495 g/mol. The van der Waals surface area contributed by atoms with Crippen molar-refractivity contribution in [2.75, 3.05) is 80.7 Å². The molecule has 0 atom stereocenters. The van der Waals surface area contributed by atoms with Gasteiger partial charge in [0.2, 0.25) is 0 Å². The van der Waals surface area contributed by atoms with Crippen LogP contribution >= 0.6 is 0 Å². The van der Waals surface area contributed by atoms with Crippen LogP contribution in [0.15, 0.2) is 24.3 Å². The Morgan fingerprint density at radius 3 is 2.36 bits per heavy atom. The van der Waals surface area contributed by atoms with E-state index in [4.69, 9.17) is 15.5 Å². The molecule has 36 heavy (non-hydrogen) atoms. The van der Waals surface area contributed by atoms with E-state index in [2.05, 4.69) is 42.5 Å². The highest BCUT2D eigenvalue weighted by molar-refractivity contribution is 5.96. The van der Waals surface area contributed by atoms with Crippen LogP contribution in [0.3, 0.4) is 0 Å². The van der Waals surface area contributed by atoms with E-state index >= 15 is 0 Å². The summed E-state index contributed by atoms with van der Waals surface area (Å²) in [6.07, 6.45) is 2.97. The van der Waals surface area contributed by atoms with Crippen LogP contribution < -0.4 is 26.2 Å². The van der Waals surface area contributed by atoms with Crippen molar-refractivity contribution < 1.29 is 9.53 Å². The highest BCUT2D eigenvalue weighted by atomic mass is 16.5. The van der Waals surface area contributed by atoms with E-state index < -0.39 is 5.91 Å². The van der Waals surface area contributed by atoms with E-state index in [-0.39, 0.29) is 5.69 Å². The molecule has 0 aliphatic carbocycles. The zero-order chi connectivity index (χ0) is 24.9. The molecule has 3 saturated heterocycles. The number of carbonyl (C=O) groups is 1. The molecule has 3 fully saturated rings. The third-order valence-corrected chi connectivity index (χ3v) is 7.45. The third kappa shape index (κ3) is 5.55. The quantitative estimate of drug-likeness (QED) is 0.528. The maximum atomic E-state index is 12.2. The van der Waals surface area contributed by atoms with Crippen LogP contribution in [-0.2, 0) is 11.2 Å². The van der Waals surface area contributed by atoms with Gasteiger partial charge in [-0.15, -0.1) is 0 Å². The maximum absolute atomic E-state index is 12.2. The van der Waals surface area contributed by atoms with Gasteiger partial charge in [0.25, 0.3) is 5.91 Å². The molecule has 1 aromatic heterocycles. The largest absolute Gasteiger partial charge is 0.381 e. The number of benzene rings is 1. The van der Waals surface area contributed by atoms with Crippen molar-refractivity contribution >= 4 is 28.9 Å². The standard InChI is InChI=1S/C26H38N8O2/c1-2-22-26(34-11-9-28-10-12-34)31-25(23(30-22)24(27)35)29-19-3-5-20(6-4-19)32-13-15-33(16-14-32)21-7-17-36-18-8-21/h3-6,21,28H,2,7-18H2,1H3,(H2,27,35)(H,29,31). The number of piperazine rings is 2. The summed E-state index contributed by atoms with van der Waals surface area (Å²) in [6.45, 7) is 11.5. The minimum Gasteiger partial charge on any atom is -0.381 e. The van der Waals surface area contributed by atoms with Crippen molar-refractivity contribution in [1.82, 2.24) is 20.2 Å². The Morgan fingerprint density at radius 1 is 1.03 bits per heavy atom. The van der Waals surface area contributed by atoms with E-state index in [0.29, 0.717) is 18.3 Å². The number of ether oxygens (including phenoxy) is 1. The minimum atomic E-state index is -0.578. The summed E-state index contributed by atoms with van der Waals surface area (Å²) in [7, 11) is 0. The predicted octanol–water partition coefficient (Wildman–Crippen LogP) is 1.59. The summed E-state index contributed by atoms with van der Waals surface area (Å²) >= 11 is 0. The zero-order valence-electron chi connectivity index (χ0n) is 21.2.